The summed E-state index contributed by atoms with van der Waals surface area (Å²) in [5.41, 5.74) is 1.07. The van der Waals surface area contributed by atoms with Crippen LogP contribution in [0.5, 0.6) is 0 Å². The van der Waals surface area contributed by atoms with Crippen LogP contribution in [0, 0.1) is 0 Å². The SMILES string of the molecule is C[C@@H]1CN(S(=O)(=O)CCc2ccccc2)CCN1. The predicted octanol–water partition coefficient (Wildman–Crippen LogP) is 0.853. The standard InChI is InChI=1S/C13H20N2O2S/c1-12-11-15(9-8-14-12)18(16,17)10-7-13-5-3-2-4-6-13/h2-6,12,14H,7-11H2,1H3/t12-/m1/s1. The molecule has 18 heavy (non-hydrogen) atoms. The van der Waals surface area contributed by atoms with Gasteiger partial charge < -0.3 is 5.32 Å². The fourth-order valence-corrected chi connectivity index (χ4v) is 3.74. The van der Waals surface area contributed by atoms with Crippen LogP contribution >= 0.6 is 0 Å². The maximum absolute atomic E-state index is 12.2. The lowest BCUT2D eigenvalue weighted by atomic mass is 10.2. The molecule has 0 unspecified atom stereocenters. The number of sulfonamides is 1. The molecule has 1 aliphatic heterocycles. The number of piperazine rings is 1. The van der Waals surface area contributed by atoms with Crippen molar-refractivity contribution in [3.05, 3.63) is 35.9 Å². The third-order valence-electron chi connectivity index (χ3n) is 3.22. The smallest absolute Gasteiger partial charge is 0.214 e. The van der Waals surface area contributed by atoms with Crippen molar-refractivity contribution >= 4 is 10.0 Å². The zero-order valence-electron chi connectivity index (χ0n) is 10.7. The molecule has 1 aromatic carbocycles. The molecule has 4 nitrogen and oxygen atoms in total. The number of nitrogens with zero attached hydrogens (tertiary/aromatic N) is 1. The van der Waals surface area contributed by atoms with Gasteiger partial charge in [-0.3, -0.25) is 0 Å². The van der Waals surface area contributed by atoms with E-state index >= 15 is 0 Å². The molecule has 1 aliphatic rings. The Morgan fingerprint density at radius 2 is 2.06 bits per heavy atom. The van der Waals surface area contributed by atoms with Gasteiger partial charge in [0, 0.05) is 25.7 Å². The first-order valence-corrected chi connectivity index (χ1v) is 7.94. The highest BCUT2D eigenvalue weighted by molar-refractivity contribution is 7.89. The van der Waals surface area contributed by atoms with Crippen LogP contribution in [0.15, 0.2) is 30.3 Å². The Bertz CT molecular complexity index is 473. The Kier molecular flexibility index (Phi) is 4.37. The van der Waals surface area contributed by atoms with E-state index in [4.69, 9.17) is 0 Å². The van der Waals surface area contributed by atoms with Gasteiger partial charge >= 0.3 is 0 Å². The van der Waals surface area contributed by atoms with Crippen LogP contribution in [0.1, 0.15) is 12.5 Å². The van der Waals surface area contributed by atoms with Crippen LogP contribution in [-0.2, 0) is 16.4 Å². The molecule has 0 aromatic heterocycles. The lowest BCUT2D eigenvalue weighted by Gasteiger charge is -2.31. The Morgan fingerprint density at radius 3 is 2.72 bits per heavy atom. The monoisotopic (exact) mass is 268 g/mol. The van der Waals surface area contributed by atoms with Crippen molar-refractivity contribution in [3.8, 4) is 0 Å². The van der Waals surface area contributed by atoms with Crippen LogP contribution < -0.4 is 5.32 Å². The molecule has 2 rings (SSSR count). The Hall–Kier alpha value is -0.910. The van der Waals surface area contributed by atoms with Gasteiger partial charge in [0.15, 0.2) is 0 Å². The van der Waals surface area contributed by atoms with Crippen molar-refractivity contribution in [2.75, 3.05) is 25.4 Å². The van der Waals surface area contributed by atoms with E-state index in [1.807, 2.05) is 37.3 Å². The molecule has 0 aliphatic carbocycles. The van der Waals surface area contributed by atoms with E-state index in [2.05, 4.69) is 5.32 Å². The van der Waals surface area contributed by atoms with Gasteiger partial charge in [-0.25, -0.2) is 8.42 Å². The lowest BCUT2D eigenvalue weighted by Crippen LogP contribution is -2.51. The molecule has 1 N–H and O–H groups in total. The highest BCUT2D eigenvalue weighted by Gasteiger charge is 2.26. The molecular formula is C13H20N2O2S. The zero-order chi connectivity index (χ0) is 13.0. The van der Waals surface area contributed by atoms with E-state index in [9.17, 15) is 8.42 Å². The molecule has 1 atom stereocenters. The third kappa shape index (κ3) is 3.54. The van der Waals surface area contributed by atoms with Crippen LogP contribution in [0.3, 0.4) is 0 Å². The van der Waals surface area contributed by atoms with Gasteiger partial charge in [-0.05, 0) is 18.9 Å². The Labute approximate surface area is 109 Å². The molecule has 100 valence electrons. The topological polar surface area (TPSA) is 49.4 Å². The molecule has 0 radical (unpaired) electrons. The molecule has 0 saturated carbocycles. The van der Waals surface area contributed by atoms with Crippen molar-refractivity contribution in [1.29, 1.82) is 0 Å². The van der Waals surface area contributed by atoms with Crippen molar-refractivity contribution in [1.82, 2.24) is 9.62 Å². The minimum absolute atomic E-state index is 0.198. The van der Waals surface area contributed by atoms with Crippen LogP contribution in [0.25, 0.3) is 0 Å². The van der Waals surface area contributed by atoms with Gasteiger partial charge in [0.2, 0.25) is 10.0 Å². The normalized spacial score (nSPS) is 21.9. The van der Waals surface area contributed by atoms with Crippen LogP contribution in [0.2, 0.25) is 0 Å². The van der Waals surface area contributed by atoms with Crippen molar-refractivity contribution < 1.29 is 8.42 Å². The fraction of sp³-hybridized carbons (Fsp3) is 0.538. The minimum atomic E-state index is -3.12. The highest BCUT2D eigenvalue weighted by atomic mass is 32.2. The van der Waals surface area contributed by atoms with Gasteiger partial charge in [0.1, 0.15) is 0 Å². The van der Waals surface area contributed by atoms with Crippen LogP contribution in [0.4, 0.5) is 0 Å². The summed E-state index contributed by atoms with van der Waals surface area (Å²) in [6.45, 7) is 3.92. The van der Waals surface area contributed by atoms with Gasteiger partial charge in [0.25, 0.3) is 0 Å². The second-order valence-electron chi connectivity index (χ2n) is 4.76. The summed E-state index contributed by atoms with van der Waals surface area (Å²) in [6, 6.07) is 10.00. The van der Waals surface area contributed by atoms with E-state index in [0.29, 0.717) is 19.5 Å². The number of aryl methyl sites for hydroxylation is 1. The highest BCUT2D eigenvalue weighted by Crippen LogP contribution is 2.09. The molecule has 0 amide bonds. The zero-order valence-corrected chi connectivity index (χ0v) is 11.5. The third-order valence-corrected chi connectivity index (χ3v) is 5.05. The molecule has 1 heterocycles. The Balaban J connectivity index is 1.95. The quantitative estimate of drug-likeness (QED) is 0.881. The molecule has 5 heteroatoms. The molecule has 1 aromatic rings. The number of hydrogen-bond acceptors (Lipinski definition) is 3. The summed E-state index contributed by atoms with van der Waals surface area (Å²) in [6.07, 6.45) is 0.585. The average molecular weight is 268 g/mol. The summed E-state index contributed by atoms with van der Waals surface area (Å²) in [5, 5.41) is 3.25. The first-order chi connectivity index (χ1) is 8.58. The molecule has 0 bridgehead atoms. The average Bonchev–Trinajstić information content (AvgIpc) is 2.38. The maximum Gasteiger partial charge on any atom is 0.214 e. The molecular weight excluding hydrogens is 248 g/mol. The van der Waals surface area contributed by atoms with Gasteiger partial charge in [-0.1, -0.05) is 30.3 Å². The molecule has 1 saturated heterocycles. The lowest BCUT2D eigenvalue weighted by molar-refractivity contribution is 0.310. The van der Waals surface area contributed by atoms with E-state index in [1.165, 1.54) is 0 Å². The second kappa shape index (κ2) is 5.82. The molecule has 1 fully saturated rings. The maximum atomic E-state index is 12.2. The summed E-state index contributed by atoms with van der Waals surface area (Å²) in [4.78, 5) is 0. The predicted molar refractivity (Wildman–Crippen MR) is 73.0 cm³/mol. The van der Waals surface area contributed by atoms with Crippen molar-refractivity contribution in [2.45, 2.75) is 19.4 Å². The second-order valence-corrected chi connectivity index (χ2v) is 6.85. The summed E-state index contributed by atoms with van der Waals surface area (Å²) < 4.78 is 26.0. The number of hydrogen-bond donors (Lipinski definition) is 1. The van der Waals surface area contributed by atoms with Crippen molar-refractivity contribution in [3.63, 3.8) is 0 Å². The largest absolute Gasteiger partial charge is 0.312 e. The minimum Gasteiger partial charge on any atom is -0.312 e. The van der Waals surface area contributed by atoms with E-state index in [-0.39, 0.29) is 11.8 Å². The van der Waals surface area contributed by atoms with E-state index in [0.717, 1.165) is 12.1 Å². The summed E-state index contributed by atoms with van der Waals surface area (Å²) >= 11 is 0. The van der Waals surface area contributed by atoms with E-state index < -0.39 is 10.0 Å². The number of rotatable bonds is 4. The summed E-state index contributed by atoms with van der Waals surface area (Å²) in [5.74, 6) is 0.198. The Morgan fingerprint density at radius 1 is 1.33 bits per heavy atom. The van der Waals surface area contributed by atoms with Gasteiger partial charge in [-0.2, -0.15) is 4.31 Å². The summed E-state index contributed by atoms with van der Waals surface area (Å²) in [7, 11) is -3.12. The first-order valence-electron chi connectivity index (χ1n) is 6.33. The number of nitrogens with one attached hydrogen (secondary N) is 1. The van der Waals surface area contributed by atoms with E-state index in [1.54, 1.807) is 4.31 Å². The van der Waals surface area contributed by atoms with Gasteiger partial charge in [-0.15, -0.1) is 0 Å². The van der Waals surface area contributed by atoms with Crippen molar-refractivity contribution in [2.24, 2.45) is 0 Å². The molecule has 0 spiro atoms. The van der Waals surface area contributed by atoms with Gasteiger partial charge in [0.05, 0.1) is 5.75 Å². The van der Waals surface area contributed by atoms with Crippen LogP contribution in [-0.4, -0.2) is 44.2 Å². The number of benzene rings is 1. The first kappa shape index (κ1) is 13.5. The fourth-order valence-electron chi connectivity index (χ4n) is 2.17.